The minimum Gasteiger partial charge on any atom is -0.301 e. The Morgan fingerprint density at radius 2 is 1.30 bits per heavy atom. The molecule has 1 saturated heterocycles. The first kappa shape index (κ1) is 22.4. The van der Waals surface area contributed by atoms with E-state index in [1.165, 1.54) is 28.9 Å². The molecule has 3 rings (SSSR count). The number of nitrogens with zero attached hydrogens (tertiary/aromatic N) is 2. The third kappa shape index (κ3) is 5.46. The standard InChI is InChI=1S/C27H37N3/c1-18(2)23-14-10-15-24(19(3)4)27(23)29-21(6)26-17-11-16-25(30-26)20(5)28-22-12-8-7-9-13-22/h7-10,12-15,18-19,25-26,30H,11,16-17H2,1-6H3/b28-20+,29-21+. The van der Waals surface area contributed by atoms with Crippen molar-refractivity contribution in [1.29, 1.82) is 0 Å². The van der Waals surface area contributed by atoms with Crippen molar-refractivity contribution in [1.82, 2.24) is 5.32 Å². The molecule has 3 heteroatoms. The Kier molecular flexibility index (Phi) is 7.60. The first-order valence-corrected chi connectivity index (χ1v) is 11.4. The Balaban J connectivity index is 1.84. The minimum absolute atomic E-state index is 0.296. The van der Waals surface area contributed by atoms with Crippen molar-refractivity contribution in [2.75, 3.05) is 0 Å². The van der Waals surface area contributed by atoms with E-state index in [1.807, 2.05) is 18.2 Å². The van der Waals surface area contributed by atoms with Gasteiger partial charge in [0.05, 0.1) is 11.4 Å². The van der Waals surface area contributed by atoms with E-state index in [9.17, 15) is 0 Å². The van der Waals surface area contributed by atoms with E-state index in [4.69, 9.17) is 9.98 Å². The van der Waals surface area contributed by atoms with Gasteiger partial charge in [0.2, 0.25) is 0 Å². The van der Waals surface area contributed by atoms with Crippen molar-refractivity contribution < 1.29 is 0 Å². The number of piperidine rings is 1. The molecule has 0 saturated carbocycles. The van der Waals surface area contributed by atoms with Gasteiger partial charge in [-0.15, -0.1) is 0 Å². The SMILES string of the molecule is C/C(=N\c1ccccc1)C1CCCC(/C(C)=N/c2c(C(C)C)cccc2C(C)C)N1. The fourth-order valence-electron chi connectivity index (χ4n) is 4.27. The smallest absolute Gasteiger partial charge is 0.0698 e. The van der Waals surface area contributed by atoms with Gasteiger partial charge < -0.3 is 5.32 Å². The van der Waals surface area contributed by atoms with Crippen LogP contribution in [0.25, 0.3) is 0 Å². The molecule has 1 aliphatic rings. The molecule has 2 aromatic rings. The highest BCUT2D eigenvalue weighted by molar-refractivity contribution is 5.93. The number of rotatable bonds is 6. The average Bonchev–Trinajstić information content (AvgIpc) is 2.74. The van der Waals surface area contributed by atoms with Crippen LogP contribution in [0.3, 0.4) is 0 Å². The fourth-order valence-corrected chi connectivity index (χ4v) is 4.27. The highest BCUT2D eigenvalue weighted by Gasteiger charge is 2.25. The maximum absolute atomic E-state index is 5.22. The van der Waals surface area contributed by atoms with Gasteiger partial charge in [0.25, 0.3) is 0 Å². The van der Waals surface area contributed by atoms with Gasteiger partial charge in [0.1, 0.15) is 0 Å². The number of hydrogen-bond acceptors (Lipinski definition) is 3. The molecule has 0 aliphatic carbocycles. The second kappa shape index (κ2) is 10.2. The number of benzene rings is 2. The molecule has 2 aromatic carbocycles. The van der Waals surface area contributed by atoms with Crippen LogP contribution in [0.5, 0.6) is 0 Å². The molecule has 2 unspecified atom stereocenters. The summed E-state index contributed by atoms with van der Waals surface area (Å²) < 4.78 is 0. The average molecular weight is 404 g/mol. The Hall–Kier alpha value is -2.26. The van der Waals surface area contributed by atoms with E-state index in [-0.39, 0.29) is 0 Å². The molecule has 0 aromatic heterocycles. The first-order valence-electron chi connectivity index (χ1n) is 11.4. The highest BCUT2D eigenvalue weighted by Crippen LogP contribution is 2.35. The lowest BCUT2D eigenvalue weighted by Crippen LogP contribution is -2.49. The number of para-hydroxylation sites is 2. The normalized spacial score (nSPS) is 20.8. The zero-order chi connectivity index (χ0) is 21.7. The van der Waals surface area contributed by atoms with E-state index in [0.717, 1.165) is 24.2 Å². The number of aliphatic imine (C=N–C) groups is 2. The van der Waals surface area contributed by atoms with Crippen molar-refractivity contribution in [2.24, 2.45) is 9.98 Å². The van der Waals surface area contributed by atoms with Gasteiger partial charge in [-0.25, -0.2) is 0 Å². The van der Waals surface area contributed by atoms with Crippen LogP contribution in [0, 0.1) is 0 Å². The van der Waals surface area contributed by atoms with Crippen LogP contribution < -0.4 is 5.32 Å². The molecule has 1 aliphatic heterocycles. The summed E-state index contributed by atoms with van der Waals surface area (Å²) in [5.74, 6) is 0.921. The fraction of sp³-hybridized carbons (Fsp3) is 0.481. The van der Waals surface area contributed by atoms with Gasteiger partial charge in [-0.1, -0.05) is 64.1 Å². The van der Waals surface area contributed by atoms with Crippen LogP contribution in [0.1, 0.15) is 83.8 Å². The molecule has 1 heterocycles. The van der Waals surface area contributed by atoms with Crippen molar-refractivity contribution in [3.05, 3.63) is 59.7 Å². The van der Waals surface area contributed by atoms with Crippen molar-refractivity contribution in [2.45, 2.75) is 84.7 Å². The van der Waals surface area contributed by atoms with Crippen molar-refractivity contribution in [3.63, 3.8) is 0 Å². The van der Waals surface area contributed by atoms with Gasteiger partial charge in [0, 0.05) is 23.5 Å². The lowest BCUT2D eigenvalue weighted by atomic mass is 9.91. The predicted octanol–water partition coefficient (Wildman–Crippen LogP) is 7.33. The lowest BCUT2D eigenvalue weighted by Gasteiger charge is -2.31. The topological polar surface area (TPSA) is 36.8 Å². The summed E-state index contributed by atoms with van der Waals surface area (Å²) in [4.78, 5) is 10.1. The maximum Gasteiger partial charge on any atom is 0.0698 e. The van der Waals surface area contributed by atoms with Gasteiger partial charge >= 0.3 is 0 Å². The Labute approximate surface area is 182 Å². The van der Waals surface area contributed by atoms with Crippen LogP contribution in [-0.4, -0.2) is 23.5 Å². The summed E-state index contributed by atoms with van der Waals surface area (Å²) in [6, 6.07) is 17.5. The van der Waals surface area contributed by atoms with E-state index in [0.29, 0.717) is 23.9 Å². The zero-order valence-electron chi connectivity index (χ0n) is 19.4. The Morgan fingerprint density at radius 1 is 0.767 bits per heavy atom. The Morgan fingerprint density at radius 3 is 1.83 bits per heavy atom. The summed E-state index contributed by atoms with van der Waals surface area (Å²) in [5.41, 5.74) is 7.23. The second-order valence-corrected chi connectivity index (χ2v) is 9.14. The summed E-state index contributed by atoms with van der Waals surface area (Å²) >= 11 is 0. The van der Waals surface area contributed by atoms with Crippen LogP contribution in [0.2, 0.25) is 0 Å². The van der Waals surface area contributed by atoms with Crippen LogP contribution in [0.15, 0.2) is 58.5 Å². The highest BCUT2D eigenvalue weighted by atomic mass is 15.0. The monoisotopic (exact) mass is 403 g/mol. The molecule has 0 bridgehead atoms. The van der Waals surface area contributed by atoms with Gasteiger partial charge in [-0.05, 0) is 68.2 Å². The third-order valence-corrected chi connectivity index (χ3v) is 6.09. The zero-order valence-corrected chi connectivity index (χ0v) is 19.4. The minimum atomic E-state index is 0.296. The van der Waals surface area contributed by atoms with Gasteiger partial charge in [0.15, 0.2) is 0 Å². The van der Waals surface area contributed by atoms with E-state index < -0.39 is 0 Å². The first-order chi connectivity index (χ1) is 14.4. The number of nitrogens with one attached hydrogen (secondary N) is 1. The van der Waals surface area contributed by atoms with Crippen LogP contribution in [-0.2, 0) is 0 Å². The molecule has 30 heavy (non-hydrogen) atoms. The summed E-state index contributed by atoms with van der Waals surface area (Å²) in [5, 5.41) is 3.83. The molecular weight excluding hydrogens is 366 g/mol. The number of hydrogen-bond donors (Lipinski definition) is 1. The maximum atomic E-state index is 5.22. The van der Waals surface area contributed by atoms with Gasteiger partial charge in [-0.3, -0.25) is 9.98 Å². The molecular formula is C27H37N3. The van der Waals surface area contributed by atoms with Crippen LogP contribution >= 0.6 is 0 Å². The lowest BCUT2D eigenvalue weighted by molar-refractivity contribution is 0.427. The Bertz CT molecular complexity index is 867. The molecule has 0 radical (unpaired) electrons. The van der Waals surface area contributed by atoms with Crippen LogP contribution in [0.4, 0.5) is 11.4 Å². The second-order valence-electron chi connectivity index (χ2n) is 9.14. The molecule has 160 valence electrons. The quantitative estimate of drug-likeness (QED) is 0.504. The summed E-state index contributed by atoms with van der Waals surface area (Å²) in [6.07, 6.45) is 3.46. The van der Waals surface area contributed by atoms with Gasteiger partial charge in [-0.2, -0.15) is 0 Å². The molecule has 1 fully saturated rings. The van der Waals surface area contributed by atoms with Crippen molar-refractivity contribution >= 4 is 22.8 Å². The molecule has 3 nitrogen and oxygen atoms in total. The largest absolute Gasteiger partial charge is 0.301 e. The van der Waals surface area contributed by atoms with E-state index in [2.05, 4.69) is 77.2 Å². The predicted molar refractivity (Wildman–Crippen MR) is 131 cm³/mol. The molecule has 0 amide bonds. The summed E-state index contributed by atoms with van der Waals surface area (Å²) in [7, 11) is 0. The van der Waals surface area contributed by atoms with E-state index in [1.54, 1.807) is 0 Å². The molecule has 0 spiro atoms. The summed E-state index contributed by atoms with van der Waals surface area (Å²) in [6.45, 7) is 13.4. The van der Waals surface area contributed by atoms with E-state index >= 15 is 0 Å². The molecule has 2 atom stereocenters. The van der Waals surface area contributed by atoms with Crippen molar-refractivity contribution in [3.8, 4) is 0 Å². The molecule has 1 N–H and O–H groups in total. The third-order valence-electron chi connectivity index (χ3n) is 6.09.